The number of nitrogens with zero attached hydrogens (tertiary/aromatic N) is 2. The fourth-order valence-corrected chi connectivity index (χ4v) is 3.72. The van der Waals surface area contributed by atoms with Crippen molar-refractivity contribution in [3.8, 4) is 11.5 Å². The van der Waals surface area contributed by atoms with Crippen LogP contribution in [0.3, 0.4) is 0 Å². The topological polar surface area (TPSA) is 58.1 Å². The van der Waals surface area contributed by atoms with Gasteiger partial charge in [-0.25, -0.2) is 4.39 Å². The molecule has 0 amide bonds. The molecular formula is C23H32FIN4O2. The second-order valence-electron chi connectivity index (χ2n) is 7.46. The molecule has 3 rings (SSSR count). The smallest absolute Gasteiger partial charge is 0.191 e. The van der Waals surface area contributed by atoms with E-state index < -0.39 is 0 Å². The quantitative estimate of drug-likeness (QED) is 0.304. The number of rotatable bonds is 8. The van der Waals surface area contributed by atoms with Gasteiger partial charge in [0.25, 0.3) is 0 Å². The lowest BCUT2D eigenvalue weighted by Gasteiger charge is -2.19. The molecule has 2 N–H and O–H groups in total. The average Bonchev–Trinajstić information content (AvgIpc) is 3.19. The lowest BCUT2D eigenvalue weighted by molar-refractivity contribution is 0.321. The van der Waals surface area contributed by atoms with E-state index in [1.807, 2.05) is 12.1 Å². The molecule has 170 valence electrons. The van der Waals surface area contributed by atoms with Gasteiger partial charge >= 0.3 is 0 Å². The molecule has 0 spiro atoms. The van der Waals surface area contributed by atoms with Crippen LogP contribution in [0.4, 0.5) is 4.39 Å². The van der Waals surface area contributed by atoms with Gasteiger partial charge in [0, 0.05) is 45.3 Å². The number of methoxy groups -OCH3 is 2. The minimum Gasteiger partial charge on any atom is -0.497 e. The number of halogens is 2. The highest BCUT2D eigenvalue weighted by Gasteiger charge is 2.23. The first-order valence-corrected chi connectivity index (χ1v) is 10.3. The Morgan fingerprint density at radius 3 is 2.52 bits per heavy atom. The molecule has 1 saturated heterocycles. The third-order valence-electron chi connectivity index (χ3n) is 5.25. The summed E-state index contributed by atoms with van der Waals surface area (Å²) in [5.74, 6) is 2.19. The number of hydrogen-bond donors (Lipinski definition) is 2. The normalized spacial score (nSPS) is 16.5. The van der Waals surface area contributed by atoms with Crippen LogP contribution in [0.25, 0.3) is 0 Å². The van der Waals surface area contributed by atoms with Gasteiger partial charge in [0.05, 0.1) is 14.2 Å². The minimum atomic E-state index is -0.199. The van der Waals surface area contributed by atoms with Crippen molar-refractivity contribution in [2.45, 2.75) is 25.4 Å². The van der Waals surface area contributed by atoms with Crippen LogP contribution in [0.1, 0.15) is 17.5 Å². The van der Waals surface area contributed by atoms with E-state index in [4.69, 9.17) is 9.47 Å². The number of aliphatic imine (C=N–C) groups is 1. The zero-order valence-corrected chi connectivity index (χ0v) is 20.7. The fourth-order valence-electron chi connectivity index (χ4n) is 3.72. The number of likely N-dealkylation sites (tertiary alicyclic amines) is 1. The van der Waals surface area contributed by atoms with Crippen molar-refractivity contribution < 1.29 is 13.9 Å². The summed E-state index contributed by atoms with van der Waals surface area (Å²) in [6, 6.07) is 13.0. The van der Waals surface area contributed by atoms with Gasteiger partial charge in [-0.05, 0) is 48.2 Å². The van der Waals surface area contributed by atoms with E-state index in [2.05, 4.69) is 32.7 Å². The molecule has 0 aromatic heterocycles. The standard InChI is InChI=1S/C23H31FN4O2.HI/c1-25-23(26-9-7-17-5-4-6-19(24)11-17)27-20-8-10-28(16-20)15-18-12-21(29-2)14-22(13-18)30-3;/h4-6,11-14,20H,7-10,15-16H2,1-3H3,(H2,25,26,27);1H. The first-order valence-electron chi connectivity index (χ1n) is 10.3. The van der Waals surface area contributed by atoms with Crippen molar-refractivity contribution >= 4 is 29.9 Å². The highest BCUT2D eigenvalue weighted by Crippen LogP contribution is 2.24. The monoisotopic (exact) mass is 542 g/mol. The Morgan fingerprint density at radius 2 is 1.87 bits per heavy atom. The van der Waals surface area contributed by atoms with Gasteiger partial charge in [-0.1, -0.05) is 12.1 Å². The van der Waals surface area contributed by atoms with Crippen molar-refractivity contribution in [1.29, 1.82) is 0 Å². The van der Waals surface area contributed by atoms with Crippen molar-refractivity contribution in [3.63, 3.8) is 0 Å². The Morgan fingerprint density at radius 1 is 1.13 bits per heavy atom. The molecule has 1 aliphatic heterocycles. The van der Waals surface area contributed by atoms with E-state index in [-0.39, 0.29) is 29.8 Å². The van der Waals surface area contributed by atoms with Gasteiger partial charge in [-0.3, -0.25) is 9.89 Å². The maximum absolute atomic E-state index is 13.3. The van der Waals surface area contributed by atoms with Crippen molar-refractivity contribution in [2.75, 3.05) is 40.9 Å². The predicted molar refractivity (Wildman–Crippen MR) is 133 cm³/mol. The van der Waals surface area contributed by atoms with Crippen molar-refractivity contribution in [2.24, 2.45) is 4.99 Å². The zero-order chi connectivity index (χ0) is 21.3. The molecule has 0 aliphatic carbocycles. The Labute approximate surface area is 201 Å². The third kappa shape index (κ3) is 7.84. The van der Waals surface area contributed by atoms with Gasteiger partial charge in [0.1, 0.15) is 17.3 Å². The van der Waals surface area contributed by atoms with E-state index in [1.165, 1.54) is 11.6 Å². The Hall–Kier alpha value is -2.07. The van der Waals surface area contributed by atoms with Crippen molar-refractivity contribution in [1.82, 2.24) is 15.5 Å². The summed E-state index contributed by atoms with van der Waals surface area (Å²) in [5.41, 5.74) is 2.14. The van der Waals surface area contributed by atoms with E-state index >= 15 is 0 Å². The molecule has 1 unspecified atom stereocenters. The number of guanidine groups is 1. The second kappa shape index (κ2) is 12.7. The molecule has 1 atom stereocenters. The highest BCUT2D eigenvalue weighted by molar-refractivity contribution is 14.0. The maximum Gasteiger partial charge on any atom is 0.191 e. The number of hydrogen-bond acceptors (Lipinski definition) is 4. The zero-order valence-electron chi connectivity index (χ0n) is 18.4. The molecule has 0 radical (unpaired) electrons. The molecule has 0 saturated carbocycles. The number of benzene rings is 2. The largest absolute Gasteiger partial charge is 0.497 e. The molecule has 2 aromatic carbocycles. The molecule has 1 heterocycles. The molecule has 1 aliphatic rings. The Balaban J connectivity index is 0.00000341. The van der Waals surface area contributed by atoms with Gasteiger partial charge < -0.3 is 20.1 Å². The number of nitrogens with one attached hydrogen (secondary N) is 2. The van der Waals surface area contributed by atoms with Crippen LogP contribution in [0.5, 0.6) is 11.5 Å². The summed E-state index contributed by atoms with van der Waals surface area (Å²) in [4.78, 5) is 6.73. The molecule has 0 bridgehead atoms. The summed E-state index contributed by atoms with van der Waals surface area (Å²) in [6.45, 7) is 3.49. The summed E-state index contributed by atoms with van der Waals surface area (Å²) in [6.07, 6.45) is 1.79. The number of ether oxygens (including phenoxy) is 2. The van der Waals surface area contributed by atoms with Gasteiger partial charge in [-0.2, -0.15) is 0 Å². The van der Waals surface area contributed by atoms with Gasteiger partial charge in [0.15, 0.2) is 5.96 Å². The molecule has 1 fully saturated rings. The molecule has 2 aromatic rings. The summed E-state index contributed by atoms with van der Waals surface area (Å²) in [5, 5.41) is 6.82. The molecule has 8 heteroatoms. The summed E-state index contributed by atoms with van der Waals surface area (Å²) < 4.78 is 24.0. The van der Waals surface area contributed by atoms with Crippen LogP contribution in [0.15, 0.2) is 47.5 Å². The van der Waals surface area contributed by atoms with Crippen molar-refractivity contribution in [3.05, 3.63) is 59.4 Å². The van der Waals surface area contributed by atoms with Crippen LogP contribution < -0.4 is 20.1 Å². The van der Waals surface area contributed by atoms with E-state index in [1.54, 1.807) is 33.4 Å². The SMILES string of the molecule is CN=C(NCCc1cccc(F)c1)NC1CCN(Cc2cc(OC)cc(OC)c2)C1.I. The third-order valence-corrected chi connectivity index (χ3v) is 5.25. The summed E-state index contributed by atoms with van der Waals surface area (Å²) >= 11 is 0. The van der Waals surface area contributed by atoms with Gasteiger partial charge in [-0.15, -0.1) is 24.0 Å². The highest BCUT2D eigenvalue weighted by atomic mass is 127. The Kier molecular flexibility index (Phi) is 10.3. The van der Waals surface area contributed by atoms with Crippen LogP contribution in [0.2, 0.25) is 0 Å². The minimum absolute atomic E-state index is 0. The van der Waals surface area contributed by atoms with E-state index in [0.29, 0.717) is 12.6 Å². The fraction of sp³-hybridized carbons (Fsp3) is 0.435. The lowest BCUT2D eigenvalue weighted by atomic mass is 10.1. The lowest BCUT2D eigenvalue weighted by Crippen LogP contribution is -2.45. The van der Waals surface area contributed by atoms with Crippen LogP contribution >= 0.6 is 24.0 Å². The molecule has 6 nitrogen and oxygen atoms in total. The first-order chi connectivity index (χ1) is 14.6. The molecule has 31 heavy (non-hydrogen) atoms. The second-order valence-corrected chi connectivity index (χ2v) is 7.46. The molecular weight excluding hydrogens is 510 g/mol. The maximum atomic E-state index is 13.3. The predicted octanol–water partition coefficient (Wildman–Crippen LogP) is 3.44. The van der Waals surface area contributed by atoms with Crippen LogP contribution in [-0.4, -0.2) is 57.8 Å². The van der Waals surface area contributed by atoms with Gasteiger partial charge in [0.2, 0.25) is 0 Å². The van der Waals surface area contributed by atoms with Crippen LogP contribution in [-0.2, 0) is 13.0 Å². The van der Waals surface area contributed by atoms with E-state index in [9.17, 15) is 4.39 Å². The Bertz CT molecular complexity index is 843. The summed E-state index contributed by atoms with van der Waals surface area (Å²) in [7, 11) is 5.11. The van der Waals surface area contributed by atoms with Crippen LogP contribution in [0, 0.1) is 5.82 Å². The van der Waals surface area contributed by atoms with E-state index in [0.717, 1.165) is 55.5 Å². The average molecular weight is 542 g/mol. The first kappa shape index (κ1) is 25.2.